The molecule has 1 saturated heterocycles. The molecule has 1 atom stereocenters. The number of amides is 1. The number of ether oxygens (including phenoxy) is 1. The number of hydrogen-bond donors (Lipinski definition) is 1. The van der Waals surface area contributed by atoms with Crippen LogP contribution in [-0.2, 0) is 9.59 Å². The monoisotopic (exact) mass is 512 g/mol. The van der Waals surface area contributed by atoms with Crippen LogP contribution in [0.25, 0.3) is 16.0 Å². The molecule has 1 N–H and O–H groups in total. The molecule has 5 rings (SSSR count). The van der Waals surface area contributed by atoms with Crippen molar-refractivity contribution in [2.75, 3.05) is 11.5 Å². The summed E-state index contributed by atoms with van der Waals surface area (Å²) in [6.07, 6.45) is 1.93. The Hall–Kier alpha value is -3.97. The minimum atomic E-state index is -0.849. The van der Waals surface area contributed by atoms with E-state index in [4.69, 9.17) is 9.72 Å². The zero-order chi connectivity index (χ0) is 26.1. The number of aromatic nitrogens is 1. The van der Waals surface area contributed by atoms with Gasteiger partial charge in [0.15, 0.2) is 5.13 Å². The minimum Gasteiger partial charge on any atom is -0.507 e. The van der Waals surface area contributed by atoms with E-state index in [0.29, 0.717) is 28.6 Å². The molecule has 3 aromatic carbocycles. The topological polar surface area (TPSA) is 79.7 Å². The van der Waals surface area contributed by atoms with Crippen LogP contribution in [0.5, 0.6) is 5.75 Å². The lowest BCUT2D eigenvalue weighted by Gasteiger charge is -2.23. The molecule has 0 bridgehead atoms. The van der Waals surface area contributed by atoms with E-state index in [-0.39, 0.29) is 11.3 Å². The van der Waals surface area contributed by atoms with Crippen LogP contribution in [0.3, 0.4) is 0 Å². The molecule has 0 radical (unpaired) electrons. The molecule has 0 saturated carbocycles. The molecular formula is C30H28N2O4S. The van der Waals surface area contributed by atoms with E-state index in [2.05, 4.69) is 6.92 Å². The first kappa shape index (κ1) is 24.7. The van der Waals surface area contributed by atoms with Crippen LogP contribution in [0.2, 0.25) is 0 Å². The number of ketones is 1. The van der Waals surface area contributed by atoms with Crippen LogP contribution in [0, 0.1) is 13.8 Å². The predicted octanol–water partition coefficient (Wildman–Crippen LogP) is 6.72. The Morgan fingerprint density at radius 3 is 2.54 bits per heavy atom. The molecule has 1 amide bonds. The van der Waals surface area contributed by atoms with Gasteiger partial charge in [0.1, 0.15) is 11.5 Å². The Kier molecular flexibility index (Phi) is 6.80. The van der Waals surface area contributed by atoms with Crippen molar-refractivity contribution >= 4 is 44.1 Å². The second-order valence-electron chi connectivity index (χ2n) is 9.28. The molecule has 0 spiro atoms. The highest BCUT2D eigenvalue weighted by molar-refractivity contribution is 7.22. The van der Waals surface area contributed by atoms with Crippen LogP contribution < -0.4 is 9.64 Å². The van der Waals surface area contributed by atoms with Gasteiger partial charge in [-0.15, -0.1) is 0 Å². The summed E-state index contributed by atoms with van der Waals surface area (Å²) in [5.74, 6) is -1.02. The molecule has 2 heterocycles. The number of hydrogen-bond acceptors (Lipinski definition) is 6. The van der Waals surface area contributed by atoms with E-state index >= 15 is 0 Å². The Morgan fingerprint density at radius 2 is 1.78 bits per heavy atom. The molecule has 6 nitrogen and oxygen atoms in total. The lowest BCUT2D eigenvalue weighted by Crippen LogP contribution is -2.29. The number of aliphatic hydroxyl groups is 1. The third-order valence-corrected chi connectivity index (χ3v) is 7.47. The summed E-state index contributed by atoms with van der Waals surface area (Å²) >= 11 is 1.35. The van der Waals surface area contributed by atoms with Crippen molar-refractivity contribution in [3.8, 4) is 5.75 Å². The van der Waals surface area contributed by atoms with Crippen molar-refractivity contribution in [2.45, 2.75) is 39.7 Å². The van der Waals surface area contributed by atoms with Gasteiger partial charge in [0, 0.05) is 5.56 Å². The van der Waals surface area contributed by atoms with Gasteiger partial charge in [0.2, 0.25) is 0 Å². The number of Topliss-reactive ketones (excluding diaryl/α,β-unsaturated/α-hetero) is 1. The number of anilines is 1. The highest BCUT2D eigenvalue weighted by Gasteiger charge is 2.48. The summed E-state index contributed by atoms with van der Waals surface area (Å²) in [7, 11) is 0. The molecule has 1 aliphatic heterocycles. The predicted molar refractivity (Wildman–Crippen MR) is 147 cm³/mol. The molecule has 7 heteroatoms. The van der Waals surface area contributed by atoms with E-state index in [1.54, 1.807) is 12.1 Å². The maximum Gasteiger partial charge on any atom is 0.301 e. The number of carbonyl (C=O) groups excluding carboxylic acids is 2. The number of aliphatic hydroxyl groups excluding tert-OH is 1. The first-order chi connectivity index (χ1) is 17.9. The lowest BCUT2D eigenvalue weighted by atomic mass is 9.95. The summed E-state index contributed by atoms with van der Waals surface area (Å²) < 4.78 is 6.84. The number of unbranched alkanes of at least 4 members (excludes halogenated alkanes) is 1. The number of carbonyl (C=O) groups is 2. The first-order valence-electron chi connectivity index (χ1n) is 12.4. The zero-order valence-electron chi connectivity index (χ0n) is 21.0. The third-order valence-electron chi connectivity index (χ3n) is 6.45. The van der Waals surface area contributed by atoms with Gasteiger partial charge in [-0.25, -0.2) is 4.98 Å². The van der Waals surface area contributed by atoms with Crippen molar-refractivity contribution in [3.63, 3.8) is 0 Å². The standard InChI is InChI=1S/C30H28N2O4S/c1-4-5-15-36-22-8-6-7-21(17-22)26-25(27(33)20-12-9-18(2)10-13-20)28(34)29(35)32(26)30-31-23-14-11-19(3)16-24(23)37-30/h6-14,16-17,26,33H,4-5,15H2,1-3H3. The fourth-order valence-corrected chi connectivity index (χ4v) is 5.53. The Labute approximate surface area is 219 Å². The summed E-state index contributed by atoms with van der Waals surface area (Å²) in [5.41, 5.74) is 4.03. The molecule has 1 aromatic heterocycles. The molecular weight excluding hydrogens is 484 g/mol. The van der Waals surface area contributed by atoms with E-state index in [9.17, 15) is 14.7 Å². The quantitative estimate of drug-likeness (QED) is 0.129. The minimum absolute atomic E-state index is 0.0370. The average Bonchev–Trinajstić information content (AvgIpc) is 3.42. The second kappa shape index (κ2) is 10.2. The number of thiazole rings is 1. The fraction of sp³-hybridized carbons (Fsp3) is 0.233. The number of fused-ring (bicyclic) bond motifs is 1. The van der Waals surface area contributed by atoms with Gasteiger partial charge >= 0.3 is 5.91 Å². The average molecular weight is 513 g/mol. The highest BCUT2D eigenvalue weighted by atomic mass is 32.1. The number of rotatable bonds is 7. The second-order valence-corrected chi connectivity index (χ2v) is 10.3. The first-order valence-corrected chi connectivity index (χ1v) is 13.2. The van der Waals surface area contributed by atoms with Gasteiger partial charge in [-0.05, 0) is 55.7 Å². The molecule has 37 heavy (non-hydrogen) atoms. The summed E-state index contributed by atoms with van der Waals surface area (Å²) in [6.45, 7) is 6.61. The van der Waals surface area contributed by atoms with Gasteiger partial charge in [-0.3, -0.25) is 14.5 Å². The third kappa shape index (κ3) is 4.74. The molecule has 1 unspecified atom stereocenters. The van der Waals surface area contributed by atoms with Crippen LogP contribution in [-0.4, -0.2) is 28.4 Å². The van der Waals surface area contributed by atoms with E-state index in [1.165, 1.54) is 16.2 Å². The number of benzene rings is 3. The van der Waals surface area contributed by atoms with Crippen LogP contribution in [0.4, 0.5) is 5.13 Å². The van der Waals surface area contributed by atoms with E-state index in [0.717, 1.165) is 34.2 Å². The number of nitrogens with zero attached hydrogens (tertiary/aromatic N) is 2. The van der Waals surface area contributed by atoms with Crippen LogP contribution >= 0.6 is 11.3 Å². The Bertz CT molecular complexity index is 1520. The van der Waals surface area contributed by atoms with E-state index < -0.39 is 17.7 Å². The van der Waals surface area contributed by atoms with Gasteiger partial charge in [-0.1, -0.05) is 72.7 Å². The van der Waals surface area contributed by atoms with Crippen molar-refractivity contribution in [1.29, 1.82) is 0 Å². The summed E-state index contributed by atoms with van der Waals surface area (Å²) in [5, 5.41) is 11.8. The SMILES string of the molecule is CCCCOc1cccc(C2C(=C(O)c3ccc(C)cc3)C(=O)C(=O)N2c2nc3ccc(C)cc3s2)c1. The molecule has 0 aliphatic carbocycles. The van der Waals surface area contributed by atoms with Crippen molar-refractivity contribution in [3.05, 3.63) is 94.6 Å². The molecule has 1 fully saturated rings. The molecule has 1 aliphatic rings. The number of aryl methyl sites for hydroxylation is 2. The Morgan fingerprint density at radius 1 is 1.03 bits per heavy atom. The van der Waals surface area contributed by atoms with E-state index in [1.807, 2.05) is 68.4 Å². The zero-order valence-corrected chi connectivity index (χ0v) is 21.8. The van der Waals surface area contributed by atoms with Crippen molar-refractivity contribution < 1.29 is 19.4 Å². The maximum absolute atomic E-state index is 13.5. The molecule has 4 aromatic rings. The highest BCUT2D eigenvalue weighted by Crippen LogP contribution is 2.45. The maximum atomic E-state index is 13.5. The van der Waals surface area contributed by atoms with Gasteiger partial charge in [0.05, 0.1) is 28.4 Å². The summed E-state index contributed by atoms with van der Waals surface area (Å²) in [6, 6.07) is 19.6. The smallest absolute Gasteiger partial charge is 0.301 e. The fourth-order valence-electron chi connectivity index (χ4n) is 4.44. The molecule has 188 valence electrons. The van der Waals surface area contributed by atoms with Gasteiger partial charge in [-0.2, -0.15) is 0 Å². The Balaban J connectivity index is 1.67. The van der Waals surface area contributed by atoms with Crippen LogP contribution in [0.15, 0.2) is 72.3 Å². The van der Waals surface area contributed by atoms with Gasteiger partial charge in [0.25, 0.3) is 5.78 Å². The van der Waals surface area contributed by atoms with Crippen molar-refractivity contribution in [1.82, 2.24) is 4.98 Å². The normalized spacial score (nSPS) is 17.1. The van der Waals surface area contributed by atoms with Gasteiger partial charge < -0.3 is 9.84 Å². The van der Waals surface area contributed by atoms with Crippen molar-refractivity contribution in [2.24, 2.45) is 0 Å². The largest absolute Gasteiger partial charge is 0.507 e. The lowest BCUT2D eigenvalue weighted by molar-refractivity contribution is -0.132. The summed E-state index contributed by atoms with van der Waals surface area (Å²) in [4.78, 5) is 33.1. The van der Waals surface area contributed by atoms with Crippen LogP contribution in [0.1, 0.15) is 48.1 Å².